The van der Waals surface area contributed by atoms with Gasteiger partial charge in [-0.25, -0.2) is 9.67 Å². The number of rotatable bonds is 10. The number of aryl methyl sites for hydroxylation is 1. The van der Waals surface area contributed by atoms with E-state index in [-0.39, 0.29) is 0 Å². The second-order valence-electron chi connectivity index (χ2n) is 4.80. The van der Waals surface area contributed by atoms with Crippen LogP contribution in [0.5, 0.6) is 0 Å². The van der Waals surface area contributed by atoms with E-state index in [0.29, 0.717) is 0 Å². The number of imidazole rings is 1. The van der Waals surface area contributed by atoms with Crippen molar-refractivity contribution in [3.8, 4) is 0 Å². The standard InChI is InChI=1S/C13H23N7S/c1-3-5-14-6-8-20-13(16-17-18-20)21-10-12-9-15-11-19(12)7-4-2/h9,11,14H,3-8,10H2,1-2H3. The average Bonchev–Trinajstić information content (AvgIpc) is 3.11. The van der Waals surface area contributed by atoms with Gasteiger partial charge in [-0.2, -0.15) is 0 Å². The zero-order valence-corrected chi connectivity index (χ0v) is 13.5. The largest absolute Gasteiger partial charge is 0.334 e. The quantitative estimate of drug-likeness (QED) is 0.530. The van der Waals surface area contributed by atoms with Gasteiger partial charge in [0.1, 0.15) is 0 Å². The SMILES string of the molecule is CCCNCCn1nnnc1SCc1cncn1CCC. The molecule has 0 amide bonds. The first-order chi connectivity index (χ1) is 10.3. The molecule has 0 atom stereocenters. The van der Waals surface area contributed by atoms with E-state index in [2.05, 4.69) is 44.2 Å². The van der Waals surface area contributed by atoms with Gasteiger partial charge in [0.25, 0.3) is 0 Å². The average molecular weight is 309 g/mol. The van der Waals surface area contributed by atoms with Crippen LogP contribution in [0.1, 0.15) is 32.4 Å². The fourth-order valence-electron chi connectivity index (χ4n) is 1.98. The lowest BCUT2D eigenvalue weighted by atomic mass is 10.4. The molecule has 116 valence electrons. The van der Waals surface area contributed by atoms with Gasteiger partial charge in [-0.1, -0.05) is 25.6 Å². The van der Waals surface area contributed by atoms with Gasteiger partial charge in [-0.05, 0) is 29.8 Å². The predicted octanol–water partition coefficient (Wildman–Crippen LogP) is 1.57. The normalized spacial score (nSPS) is 11.1. The van der Waals surface area contributed by atoms with Gasteiger partial charge in [-0.3, -0.25) is 0 Å². The highest BCUT2D eigenvalue weighted by atomic mass is 32.2. The summed E-state index contributed by atoms with van der Waals surface area (Å²) in [7, 11) is 0. The first-order valence-corrected chi connectivity index (χ1v) is 8.42. The molecule has 0 aliphatic carbocycles. The number of nitrogens with one attached hydrogen (secondary N) is 1. The van der Waals surface area contributed by atoms with Crippen LogP contribution in [-0.2, 0) is 18.8 Å². The molecule has 2 aromatic rings. The molecule has 2 aromatic heterocycles. The third-order valence-corrected chi connectivity index (χ3v) is 4.03. The first-order valence-electron chi connectivity index (χ1n) is 7.43. The predicted molar refractivity (Wildman–Crippen MR) is 83.1 cm³/mol. The Hall–Kier alpha value is -1.41. The third kappa shape index (κ3) is 4.82. The maximum absolute atomic E-state index is 4.21. The van der Waals surface area contributed by atoms with Crippen LogP contribution in [0.15, 0.2) is 17.7 Å². The summed E-state index contributed by atoms with van der Waals surface area (Å²) >= 11 is 1.65. The van der Waals surface area contributed by atoms with Crippen LogP contribution in [0.25, 0.3) is 0 Å². The highest BCUT2D eigenvalue weighted by Gasteiger charge is 2.09. The molecule has 2 heterocycles. The van der Waals surface area contributed by atoms with E-state index in [1.807, 2.05) is 17.2 Å². The first kappa shape index (κ1) is 16.0. The van der Waals surface area contributed by atoms with Crippen molar-refractivity contribution in [1.29, 1.82) is 0 Å². The molecule has 0 unspecified atom stereocenters. The van der Waals surface area contributed by atoms with Crippen molar-refractivity contribution >= 4 is 11.8 Å². The summed E-state index contributed by atoms with van der Waals surface area (Å²) in [6, 6.07) is 0. The van der Waals surface area contributed by atoms with Crippen LogP contribution in [-0.4, -0.2) is 42.8 Å². The molecular weight excluding hydrogens is 286 g/mol. The Morgan fingerprint density at radius 3 is 2.90 bits per heavy atom. The maximum atomic E-state index is 4.21. The summed E-state index contributed by atoms with van der Waals surface area (Å²) in [5.41, 5.74) is 1.21. The van der Waals surface area contributed by atoms with Crippen LogP contribution in [0.3, 0.4) is 0 Å². The van der Waals surface area contributed by atoms with Gasteiger partial charge < -0.3 is 9.88 Å². The Kier molecular flexibility index (Phi) is 6.68. The molecule has 21 heavy (non-hydrogen) atoms. The Labute approximate surface area is 129 Å². The van der Waals surface area contributed by atoms with E-state index in [9.17, 15) is 0 Å². The lowest BCUT2D eigenvalue weighted by Gasteiger charge is -2.07. The topological polar surface area (TPSA) is 73.5 Å². The summed E-state index contributed by atoms with van der Waals surface area (Å²) < 4.78 is 4.04. The number of hydrogen-bond donors (Lipinski definition) is 1. The summed E-state index contributed by atoms with van der Waals surface area (Å²) in [6.07, 6.45) is 6.05. The number of tetrazole rings is 1. The monoisotopic (exact) mass is 309 g/mol. The molecule has 0 aliphatic heterocycles. The Morgan fingerprint density at radius 2 is 2.10 bits per heavy atom. The second-order valence-corrected chi connectivity index (χ2v) is 5.74. The molecule has 0 aromatic carbocycles. The van der Waals surface area contributed by atoms with E-state index < -0.39 is 0 Å². The van der Waals surface area contributed by atoms with Crippen LogP contribution in [0.4, 0.5) is 0 Å². The van der Waals surface area contributed by atoms with Crippen molar-refractivity contribution in [2.24, 2.45) is 0 Å². The zero-order valence-electron chi connectivity index (χ0n) is 12.7. The summed E-state index contributed by atoms with van der Waals surface area (Å²) in [6.45, 7) is 8.04. The number of aromatic nitrogens is 6. The molecule has 0 aliphatic rings. The molecule has 0 bridgehead atoms. The summed E-state index contributed by atoms with van der Waals surface area (Å²) in [5, 5.41) is 16.1. The van der Waals surface area contributed by atoms with Gasteiger partial charge >= 0.3 is 0 Å². The fraction of sp³-hybridized carbons (Fsp3) is 0.692. The van der Waals surface area contributed by atoms with Crippen molar-refractivity contribution in [3.05, 3.63) is 18.2 Å². The zero-order chi connectivity index (χ0) is 14.9. The van der Waals surface area contributed by atoms with Crippen molar-refractivity contribution in [2.45, 2.75) is 50.7 Å². The minimum atomic E-state index is 0.795. The molecule has 0 fully saturated rings. The lowest BCUT2D eigenvalue weighted by Crippen LogP contribution is -2.21. The lowest BCUT2D eigenvalue weighted by molar-refractivity contribution is 0.510. The van der Waals surface area contributed by atoms with Gasteiger partial charge in [0, 0.05) is 30.7 Å². The summed E-state index contributed by atoms with van der Waals surface area (Å²) in [4.78, 5) is 4.21. The van der Waals surface area contributed by atoms with Crippen LogP contribution < -0.4 is 5.32 Å². The van der Waals surface area contributed by atoms with Crippen molar-refractivity contribution < 1.29 is 0 Å². The minimum absolute atomic E-state index is 0.795. The van der Waals surface area contributed by atoms with Gasteiger partial charge in [0.15, 0.2) is 0 Å². The molecule has 2 rings (SSSR count). The Morgan fingerprint density at radius 1 is 1.19 bits per heavy atom. The molecule has 0 saturated carbocycles. The highest BCUT2D eigenvalue weighted by Crippen LogP contribution is 2.19. The summed E-state index contributed by atoms with van der Waals surface area (Å²) in [5.74, 6) is 0.836. The van der Waals surface area contributed by atoms with Gasteiger partial charge in [-0.15, -0.1) is 5.10 Å². The second kappa shape index (κ2) is 8.78. The van der Waals surface area contributed by atoms with E-state index in [1.165, 1.54) is 5.69 Å². The Balaban J connectivity index is 1.85. The molecule has 8 heteroatoms. The van der Waals surface area contributed by atoms with Crippen LogP contribution in [0.2, 0.25) is 0 Å². The third-order valence-electron chi connectivity index (χ3n) is 3.04. The highest BCUT2D eigenvalue weighted by molar-refractivity contribution is 7.98. The van der Waals surface area contributed by atoms with Gasteiger partial charge in [0.05, 0.1) is 12.9 Å². The number of thioether (sulfide) groups is 1. The molecular formula is C13H23N7S. The fourth-order valence-corrected chi connectivity index (χ4v) is 2.86. The minimum Gasteiger partial charge on any atom is -0.334 e. The molecule has 0 radical (unpaired) electrons. The van der Waals surface area contributed by atoms with E-state index in [4.69, 9.17) is 0 Å². The molecule has 7 nitrogen and oxygen atoms in total. The van der Waals surface area contributed by atoms with Crippen molar-refractivity contribution in [1.82, 2.24) is 35.1 Å². The molecule has 0 saturated heterocycles. The van der Waals surface area contributed by atoms with E-state index in [0.717, 1.165) is 49.9 Å². The van der Waals surface area contributed by atoms with Gasteiger partial charge in [0.2, 0.25) is 5.16 Å². The number of nitrogens with zero attached hydrogens (tertiary/aromatic N) is 6. The van der Waals surface area contributed by atoms with E-state index >= 15 is 0 Å². The smallest absolute Gasteiger partial charge is 0.209 e. The van der Waals surface area contributed by atoms with E-state index in [1.54, 1.807) is 11.8 Å². The molecule has 0 spiro atoms. The number of hydrogen-bond acceptors (Lipinski definition) is 6. The molecule has 1 N–H and O–H groups in total. The van der Waals surface area contributed by atoms with Crippen molar-refractivity contribution in [3.63, 3.8) is 0 Å². The van der Waals surface area contributed by atoms with Crippen LogP contribution >= 0.6 is 11.8 Å². The van der Waals surface area contributed by atoms with Crippen molar-refractivity contribution in [2.75, 3.05) is 13.1 Å². The Bertz CT molecular complexity index is 522. The maximum Gasteiger partial charge on any atom is 0.209 e. The van der Waals surface area contributed by atoms with Crippen LogP contribution in [0, 0.1) is 0 Å².